The van der Waals surface area contributed by atoms with Gasteiger partial charge in [0.1, 0.15) is 0 Å². The molecule has 0 spiro atoms. The zero-order chi connectivity index (χ0) is 13.4. The second-order valence-corrected chi connectivity index (χ2v) is 4.67. The number of hydrogen-bond donors (Lipinski definition) is 1. The smallest absolute Gasteiger partial charge is 0.0727 e. The van der Waals surface area contributed by atoms with Gasteiger partial charge in [-0.05, 0) is 31.5 Å². The van der Waals surface area contributed by atoms with Crippen LogP contribution in [-0.2, 0) is 17.6 Å². The Balaban J connectivity index is 2.65. The highest BCUT2D eigenvalue weighted by Crippen LogP contribution is 2.11. The molecule has 0 saturated carbocycles. The standard InChI is InChI=1S/C15H26N2O/c1-5-7-15(18-4)14(16-3)10-13-9-8-12(6-2)11-17-13/h8-9,11,14-16H,5-7,10H2,1-4H3. The second kappa shape index (κ2) is 8.22. The van der Waals surface area contributed by atoms with Gasteiger partial charge in [-0.3, -0.25) is 4.98 Å². The summed E-state index contributed by atoms with van der Waals surface area (Å²) in [5.74, 6) is 0. The third-order valence-electron chi connectivity index (χ3n) is 3.42. The number of rotatable bonds is 8. The molecule has 3 nitrogen and oxygen atoms in total. The van der Waals surface area contributed by atoms with Crippen LogP contribution in [0.2, 0.25) is 0 Å². The molecule has 0 aliphatic rings. The third-order valence-corrected chi connectivity index (χ3v) is 3.42. The maximum Gasteiger partial charge on any atom is 0.0727 e. The molecule has 0 aliphatic heterocycles. The van der Waals surface area contributed by atoms with Gasteiger partial charge in [-0.1, -0.05) is 26.3 Å². The predicted molar refractivity (Wildman–Crippen MR) is 75.9 cm³/mol. The summed E-state index contributed by atoms with van der Waals surface area (Å²) in [5, 5.41) is 3.35. The number of ether oxygens (including phenoxy) is 1. The third kappa shape index (κ3) is 4.39. The van der Waals surface area contributed by atoms with Crippen molar-refractivity contribution in [3.8, 4) is 0 Å². The molecule has 2 atom stereocenters. The fraction of sp³-hybridized carbons (Fsp3) is 0.667. The number of nitrogens with zero attached hydrogens (tertiary/aromatic N) is 1. The Morgan fingerprint density at radius 1 is 1.33 bits per heavy atom. The van der Waals surface area contributed by atoms with Crippen LogP contribution in [0.5, 0.6) is 0 Å². The summed E-state index contributed by atoms with van der Waals surface area (Å²) < 4.78 is 5.57. The van der Waals surface area contributed by atoms with Crippen molar-refractivity contribution in [2.45, 2.75) is 51.7 Å². The van der Waals surface area contributed by atoms with Crippen LogP contribution < -0.4 is 5.32 Å². The van der Waals surface area contributed by atoms with Crippen molar-refractivity contribution < 1.29 is 4.74 Å². The highest BCUT2D eigenvalue weighted by molar-refractivity contribution is 5.14. The molecule has 2 unspecified atom stereocenters. The number of hydrogen-bond acceptors (Lipinski definition) is 3. The maximum absolute atomic E-state index is 5.57. The second-order valence-electron chi connectivity index (χ2n) is 4.67. The monoisotopic (exact) mass is 250 g/mol. The molecule has 1 N–H and O–H groups in total. The molecular weight excluding hydrogens is 224 g/mol. The summed E-state index contributed by atoms with van der Waals surface area (Å²) in [6, 6.07) is 4.62. The highest BCUT2D eigenvalue weighted by Gasteiger charge is 2.19. The summed E-state index contributed by atoms with van der Waals surface area (Å²) >= 11 is 0. The molecule has 1 heterocycles. The zero-order valence-electron chi connectivity index (χ0n) is 12.1. The molecule has 0 aliphatic carbocycles. The van der Waals surface area contributed by atoms with Gasteiger partial charge < -0.3 is 10.1 Å². The molecule has 18 heavy (non-hydrogen) atoms. The lowest BCUT2D eigenvalue weighted by atomic mass is 10.0. The first-order chi connectivity index (χ1) is 8.74. The Bertz CT molecular complexity index is 324. The topological polar surface area (TPSA) is 34.1 Å². The van der Waals surface area contributed by atoms with Gasteiger partial charge in [0, 0.05) is 31.5 Å². The van der Waals surface area contributed by atoms with Crippen LogP contribution in [0.1, 0.15) is 37.9 Å². The molecule has 0 fully saturated rings. The average Bonchev–Trinajstić information content (AvgIpc) is 2.43. The number of likely N-dealkylation sites (N-methyl/N-ethyl adjacent to an activating group) is 1. The molecule has 1 aromatic heterocycles. The number of nitrogens with one attached hydrogen (secondary N) is 1. The molecule has 1 rings (SSSR count). The van der Waals surface area contributed by atoms with Crippen molar-refractivity contribution in [3.63, 3.8) is 0 Å². The number of aromatic nitrogens is 1. The predicted octanol–water partition coefficient (Wildman–Crippen LogP) is 2.59. The first kappa shape index (κ1) is 15.1. The Kier molecular flexibility index (Phi) is 6.91. The van der Waals surface area contributed by atoms with Crippen LogP contribution in [0.4, 0.5) is 0 Å². The van der Waals surface area contributed by atoms with Crippen molar-refractivity contribution in [2.24, 2.45) is 0 Å². The fourth-order valence-electron chi connectivity index (χ4n) is 2.20. The van der Waals surface area contributed by atoms with E-state index in [4.69, 9.17) is 4.74 Å². The van der Waals surface area contributed by atoms with Crippen LogP contribution in [0.3, 0.4) is 0 Å². The molecule has 0 amide bonds. The maximum atomic E-state index is 5.57. The summed E-state index contributed by atoms with van der Waals surface area (Å²) in [5.41, 5.74) is 2.42. The SMILES string of the molecule is CCCC(OC)C(Cc1ccc(CC)cn1)NC. The van der Waals surface area contributed by atoms with Crippen molar-refractivity contribution in [2.75, 3.05) is 14.2 Å². The normalized spacial score (nSPS) is 14.4. The minimum absolute atomic E-state index is 0.257. The van der Waals surface area contributed by atoms with E-state index in [2.05, 4.69) is 36.3 Å². The molecule has 0 aromatic carbocycles. The number of aryl methyl sites for hydroxylation is 1. The molecule has 102 valence electrons. The number of pyridine rings is 1. The fourth-order valence-corrected chi connectivity index (χ4v) is 2.20. The summed E-state index contributed by atoms with van der Waals surface area (Å²) in [4.78, 5) is 4.52. The van der Waals surface area contributed by atoms with Gasteiger partial charge in [0.25, 0.3) is 0 Å². The summed E-state index contributed by atoms with van der Waals surface area (Å²) in [6.45, 7) is 4.34. The lowest BCUT2D eigenvalue weighted by Gasteiger charge is -2.25. The molecular formula is C15H26N2O. The largest absolute Gasteiger partial charge is 0.380 e. The minimum Gasteiger partial charge on any atom is -0.380 e. The molecule has 1 aromatic rings. The average molecular weight is 250 g/mol. The molecule has 0 bridgehead atoms. The zero-order valence-corrected chi connectivity index (χ0v) is 12.1. The summed E-state index contributed by atoms with van der Waals surface area (Å²) in [6.07, 6.45) is 6.41. The van der Waals surface area contributed by atoms with E-state index in [-0.39, 0.29) is 6.10 Å². The molecule has 0 saturated heterocycles. The van der Waals surface area contributed by atoms with Gasteiger partial charge in [0.05, 0.1) is 6.10 Å². The van der Waals surface area contributed by atoms with Gasteiger partial charge in [-0.25, -0.2) is 0 Å². The van der Waals surface area contributed by atoms with Gasteiger partial charge >= 0.3 is 0 Å². The quantitative estimate of drug-likeness (QED) is 0.770. The first-order valence-corrected chi connectivity index (χ1v) is 6.88. The van der Waals surface area contributed by atoms with E-state index in [1.165, 1.54) is 5.56 Å². The van der Waals surface area contributed by atoms with Crippen molar-refractivity contribution >= 4 is 0 Å². The Morgan fingerprint density at radius 2 is 2.11 bits per heavy atom. The van der Waals surface area contributed by atoms with Crippen LogP contribution in [0.25, 0.3) is 0 Å². The van der Waals surface area contributed by atoms with Gasteiger partial charge in [0.15, 0.2) is 0 Å². The Morgan fingerprint density at radius 3 is 2.56 bits per heavy atom. The Hall–Kier alpha value is -0.930. The van der Waals surface area contributed by atoms with Crippen LogP contribution >= 0.6 is 0 Å². The van der Waals surface area contributed by atoms with E-state index >= 15 is 0 Å². The van der Waals surface area contributed by atoms with Crippen LogP contribution in [-0.4, -0.2) is 31.3 Å². The van der Waals surface area contributed by atoms with Gasteiger partial charge in [0.2, 0.25) is 0 Å². The van der Waals surface area contributed by atoms with Crippen LogP contribution in [0, 0.1) is 0 Å². The van der Waals surface area contributed by atoms with Crippen molar-refractivity contribution in [1.82, 2.24) is 10.3 Å². The molecule has 3 heteroatoms. The van der Waals surface area contributed by atoms with Crippen molar-refractivity contribution in [3.05, 3.63) is 29.6 Å². The van der Waals surface area contributed by atoms with Crippen molar-refractivity contribution in [1.29, 1.82) is 0 Å². The lowest BCUT2D eigenvalue weighted by Crippen LogP contribution is -2.40. The minimum atomic E-state index is 0.257. The lowest BCUT2D eigenvalue weighted by molar-refractivity contribution is 0.0630. The Labute approximate surface area is 111 Å². The highest BCUT2D eigenvalue weighted by atomic mass is 16.5. The van der Waals surface area contributed by atoms with Gasteiger partial charge in [-0.2, -0.15) is 0 Å². The van der Waals surface area contributed by atoms with Gasteiger partial charge in [-0.15, -0.1) is 0 Å². The van der Waals surface area contributed by atoms with E-state index < -0.39 is 0 Å². The van der Waals surface area contributed by atoms with E-state index in [0.717, 1.165) is 31.4 Å². The first-order valence-electron chi connectivity index (χ1n) is 6.88. The van der Waals surface area contributed by atoms with E-state index in [9.17, 15) is 0 Å². The summed E-state index contributed by atoms with van der Waals surface area (Å²) in [7, 11) is 3.78. The number of methoxy groups -OCH3 is 1. The molecule has 0 radical (unpaired) electrons. The van der Waals surface area contributed by atoms with Crippen LogP contribution in [0.15, 0.2) is 18.3 Å². The van der Waals surface area contributed by atoms with E-state index in [0.29, 0.717) is 6.04 Å². The van der Waals surface area contributed by atoms with E-state index in [1.54, 1.807) is 7.11 Å². The van der Waals surface area contributed by atoms with E-state index in [1.807, 2.05) is 13.2 Å².